The van der Waals surface area contributed by atoms with Crippen molar-refractivity contribution >= 4 is 5.97 Å². The van der Waals surface area contributed by atoms with Gasteiger partial charge in [-0.1, -0.05) is 76.4 Å². The van der Waals surface area contributed by atoms with Gasteiger partial charge in [0.25, 0.3) is 0 Å². The molecule has 0 saturated carbocycles. The lowest BCUT2D eigenvalue weighted by atomic mass is 10.0. The molecule has 0 spiro atoms. The second kappa shape index (κ2) is 17.0. The average molecular weight is 294 g/mol. The first kappa shape index (κ1) is 19.9. The van der Waals surface area contributed by atoms with Gasteiger partial charge in [0, 0.05) is 6.08 Å². The number of aliphatic carboxylic acids is 1. The molecular weight excluding hydrogens is 260 g/mol. The van der Waals surface area contributed by atoms with Crippen molar-refractivity contribution in [2.24, 2.45) is 0 Å². The maximum absolute atomic E-state index is 10.3. The molecule has 0 atom stereocenters. The van der Waals surface area contributed by atoms with Crippen LogP contribution in [0.2, 0.25) is 0 Å². The zero-order valence-corrected chi connectivity index (χ0v) is 13.7. The van der Waals surface area contributed by atoms with Crippen LogP contribution in [-0.4, -0.2) is 11.1 Å². The molecule has 0 aromatic heterocycles. The zero-order chi connectivity index (χ0) is 15.6. The van der Waals surface area contributed by atoms with Crippen molar-refractivity contribution in [1.82, 2.24) is 0 Å². The minimum Gasteiger partial charge on any atom is -0.478 e. The number of carboxylic acids is 1. The summed E-state index contributed by atoms with van der Waals surface area (Å²) in [6, 6.07) is 0. The number of allylic oxidation sites excluding steroid dienone is 2. The molecule has 0 radical (unpaired) electrons. The van der Waals surface area contributed by atoms with Gasteiger partial charge in [-0.25, -0.2) is 4.79 Å². The van der Waals surface area contributed by atoms with Crippen molar-refractivity contribution < 1.29 is 9.90 Å². The van der Waals surface area contributed by atoms with E-state index in [0.717, 1.165) is 12.8 Å². The number of carbonyl (C=O) groups is 1. The third-order valence-corrected chi connectivity index (χ3v) is 3.79. The molecule has 122 valence electrons. The van der Waals surface area contributed by atoms with E-state index in [1.54, 1.807) is 6.08 Å². The molecule has 2 nitrogen and oxygen atoms in total. The summed E-state index contributed by atoms with van der Waals surface area (Å²) in [6.07, 6.45) is 23.1. The van der Waals surface area contributed by atoms with Crippen molar-refractivity contribution in [3.63, 3.8) is 0 Å². The molecule has 0 bridgehead atoms. The van der Waals surface area contributed by atoms with Crippen LogP contribution in [0.15, 0.2) is 24.8 Å². The maximum Gasteiger partial charge on any atom is 0.327 e. The lowest BCUT2D eigenvalue weighted by molar-refractivity contribution is -0.131. The van der Waals surface area contributed by atoms with Crippen molar-refractivity contribution in [3.05, 3.63) is 24.8 Å². The fourth-order valence-corrected chi connectivity index (χ4v) is 2.50. The molecule has 0 aromatic rings. The highest BCUT2D eigenvalue weighted by atomic mass is 16.4. The standard InChI is InChI=1S/C19H34O2/c1-2-3-4-5-6-7-8-9-10-11-12-13-14-15-16-17-18-19(20)21/h2,17-18H,1,3-16H2,(H,20,21). The maximum atomic E-state index is 10.3. The van der Waals surface area contributed by atoms with Crippen LogP contribution in [0.1, 0.15) is 89.9 Å². The molecule has 1 N–H and O–H groups in total. The highest BCUT2D eigenvalue weighted by molar-refractivity contribution is 5.79. The summed E-state index contributed by atoms with van der Waals surface area (Å²) in [5.41, 5.74) is 0. The molecule has 0 saturated heterocycles. The largest absolute Gasteiger partial charge is 0.478 e. The number of hydrogen-bond donors (Lipinski definition) is 1. The van der Waals surface area contributed by atoms with Gasteiger partial charge in [0.15, 0.2) is 0 Å². The van der Waals surface area contributed by atoms with Crippen molar-refractivity contribution in [2.45, 2.75) is 89.9 Å². The van der Waals surface area contributed by atoms with Crippen LogP contribution in [-0.2, 0) is 4.79 Å². The SMILES string of the molecule is C=CCCCCCCCCCCCCCCC=CC(=O)O. The molecule has 0 rings (SSSR count). The number of hydrogen-bond acceptors (Lipinski definition) is 1. The Morgan fingerprint density at radius 1 is 0.714 bits per heavy atom. The summed E-state index contributed by atoms with van der Waals surface area (Å²) in [6.45, 7) is 3.74. The Kier molecular flexibility index (Phi) is 16.2. The van der Waals surface area contributed by atoms with E-state index in [1.165, 1.54) is 83.1 Å². The molecule has 0 unspecified atom stereocenters. The van der Waals surface area contributed by atoms with E-state index in [4.69, 9.17) is 5.11 Å². The van der Waals surface area contributed by atoms with Crippen molar-refractivity contribution in [1.29, 1.82) is 0 Å². The first-order valence-corrected chi connectivity index (χ1v) is 8.77. The van der Waals surface area contributed by atoms with Crippen molar-refractivity contribution in [2.75, 3.05) is 0 Å². The Balaban J connectivity index is 3.02. The normalized spacial score (nSPS) is 11.0. The van der Waals surface area contributed by atoms with E-state index in [0.29, 0.717) is 0 Å². The number of unbranched alkanes of at least 4 members (excludes halogenated alkanes) is 13. The first-order chi connectivity index (χ1) is 10.3. The summed E-state index contributed by atoms with van der Waals surface area (Å²) >= 11 is 0. The topological polar surface area (TPSA) is 37.3 Å². The van der Waals surface area contributed by atoms with Gasteiger partial charge < -0.3 is 5.11 Å². The first-order valence-electron chi connectivity index (χ1n) is 8.77. The monoisotopic (exact) mass is 294 g/mol. The van der Waals surface area contributed by atoms with Gasteiger partial charge >= 0.3 is 5.97 Å². The number of carboxylic acid groups (broad SMARTS) is 1. The Morgan fingerprint density at radius 2 is 1.10 bits per heavy atom. The van der Waals surface area contributed by atoms with Crippen LogP contribution in [0.3, 0.4) is 0 Å². The molecular formula is C19H34O2. The molecule has 0 aromatic carbocycles. The quantitative estimate of drug-likeness (QED) is 0.207. The smallest absolute Gasteiger partial charge is 0.327 e. The van der Waals surface area contributed by atoms with Crippen LogP contribution in [0.5, 0.6) is 0 Å². The van der Waals surface area contributed by atoms with Crippen LogP contribution < -0.4 is 0 Å². The van der Waals surface area contributed by atoms with E-state index in [2.05, 4.69) is 6.58 Å². The van der Waals surface area contributed by atoms with Crippen LogP contribution >= 0.6 is 0 Å². The Hall–Kier alpha value is -1.05. The molecule has 21 heavy (non-hydrogen) atoms. The Morgan fingerprint density at radius 3 is 1.48 bits per heavy atom. The van der Waals surface area contributed by atoms with Crippen LogP contribution in [0, 0.1) is 0 Å². The third-order valence-electron chi connectivity index (χ3n) is 3.79. The van der Waals surface area contributed by atoms with E-state index >= 15 is 0 Å². The second-order valence-electron chi connectivity index (χ2n) is 5.85. The van der Waals surface area contributed by atoms with Gasteiger partial charge in [0.1, 0.15) is 0 Å². The van der Waals surface area contributed by atoms with E-state index in [9.17, 15) is 4.79 Å². The third kappa shape index (κ3) is 18.9. The summed E-state index contributed by atoms with van der Waals surface area (Å²) in [7, 11) is 0. The summed E-state index contributed by atoms with van der Waals surface area (Å²) in [4.78, 5) is 10.3. The van der Waals surface area contributed by atoms with Gasteiger partial charge in [-0.05, 0) is 25.7 Å². The summed E-state index contributed by atoms with van der Waals surface area (Å²) in [5, 5.41) is 8.44. The fraction of sp³-hybridized carbons (Fsp3) is 0.737. The average Bonchev–Trinajstić information content (AvgIpc) is 2.46. The zero-order valence-electron chi connectivity index (χ0n) is 13.7. The molecule has 0 heterocycles. The van der Waals surface area contributed by atoms with E-state index in [-0.39, 0.29) is 0 Å². The molecule has 0 aliphatic rings. The Labute approximate surface area is 131 Å². The number of rotatable bonds is 16. The molecule has 0 aliphatic carbocycles. The molecule has 0 aliphatic heterocycles. The molecule has 2 heteroatoms. The minimum atomic E-state index is -0.837. The highest BCUT2D eigenvalue weighted by Gasteiger charge is 1.93. The lowest BCUT2D eigenvalue weighted by Gasteiger charge is -2.02. The van der Waals surface area contributed by atoms with E-state index < -0.39 is 5.97 Å². The Bertz CT molecular complexity index is 269. The molecule has 0 amide bonds. The fourth-order valence-electron chi connectivity index (χ4n) is 2.50. The van der Waals surface area contributed by atoms with Gasteiger partial charge in [0.2, 0.25) is 0 Å². The predicted octanol–water partition coefficient (Wildman–Crippen LogP) is 6.27. The lowest BCUT2D eigenvalue weighted by Crippen LogP contribution is -1.86. The second-order valence-corrected chi connectivity index (χ2v) is 5.85. The van der Waals surface area contributed by atoms with Crippen molar-refractivity contribution in [3.8, 4) is 0 Å². The predicted molar refractivity (Wildman–Crippen MR) is 91.6 cm³/mol. The van der Waals surface area contributed by atoms with Crippen LogP contribution in [0.4, 0.5) is 0 Å². The van der Waals surface area contributed by atoms with Gasteiger partial charge in [-0.3, -0.25) is 0 Å². The van der Waals surface area contributed by atoms with Crippen LogP contribution in [0.25, 0.3) is 0 Å². The van der Waals surface area contributed by atoms with Gasteiger partial charge in [0.05, 0.1) is 0 Å². The molecule has 0 fully saturated rings. The van der Waals surface area contributed by atoms with E-state index in [1.807, 2.05) is 6.08 Å². The summed E-state index contributed by atoms with van der Waals surface area (Å²) in [5.74, 6) is -0.837. The summed E-state index contributed by atoms with van der Waals surface area (Å²) < 4.78 is 0. The minimum absolute atomic E-state index is 0.837. The van der Waals surface area contributed by atoms with Gasteiger partial charge in [-0.15, -0.1) is 6.58 Å². The highest BCUT2D eigenvalue weighted by Crippen LogP contribution is 2.13. The van der Waals surface area contributed by atoms with Gasteiger partial charge in [-0.2, -0.15) is 0 Å².